The van der Waals surface area contributed by atoms with Crippen LogP contribution < -0.4 is 10.5 Å². The fourth-order valence-corrected chi connectivity index (χ4v) is 2.75. The lowest BCUT2D eigenvalue weighted by Crippen LogP contribution is -2.36. The number of aryl methyl sites for hydroxylation is 1. The number of ether oxygens (including phenoxy) is 2. The molecule has 0 saturated carbocycles. The first kappa shape index (κ1) is 15.3. The molecule has 20 heavy (non-hydrogen) atoms. The Kier molecular flexibility index (Phi) is 4.66. The van der Waals surface area contributed by atoms with Crippen molar-refractivity contribution in [2.45, 2.75) is 64.9 Å². The maximum atomic E-state index is 13.7. The third kappa shape index (κ3) is 3.49. The van der Waals surface area contributed by atoms with Gasteiger partial charge in [-0.1, -0.05) is 0 Å². The summed E-state index contributed by atoms with van der Waals surface area (Å²) in [4.78, 5) is 0. The fraction of sp³-hybridized carbons (Fsp3) is 0.625. The summed E-state index contributed by atoms with van der Waals surface area (Å²) in [6.45, 7) is 7.68. The maximum absolute atomic E-state index is 13.7. The highest BCUT2D eigenvalue weighted by atomic mass is 19.1. The average Bonchev–Trinajstić information content (AvgIpc) is 2.31. The monoisotopic (exact) mass is 281 g/mol. The molecule has 0 aromatic heterocycles. The molecule has 2 rings (SSSR count). The van der Waals surface area contributed by atoms with Crippen molar-refractivity contribution in [2.75, 3.05) is 0 Å². The Hall–Kier alpha value is -1.13. The summed E-state index contributed by atoms with van der Waals surface area (Å²) in [6, 6.07) is 2.98. The molecule has 1 aliphatic rings. The van der Waals surface area contributed by atoms with Crippen molar-refractivity contribution in [3.8, 4) is 5.75 Å². The maximum Gasteiger partial charge on any atom is 0.126 e. The van der Waals surface area contributed by atoms with Crippen LogP contribution in [0.1, 0.15) is 50.8 Å². The standard InChI is InChI=1S/C16H24FNO2/c1-9-5-16(14(12(4)18)8-15(9)17)20-13-6-10(2)19-11(3)7-13/h5,8,10-13H,6-7,18H2,1-4H3/t10?,11?,12-,13?/m1/s1. The summed E-state index contributed by atoms with van der Waals surface area (Å²) in [5.74, 6) is 0.462. The quantitative estimate of drug-likeness (QED) is 0.922. The molecule has 3 atom stereocenters. The molecule has 0 spiro atoms. The van der Waals surface area contributed by atoms with Crippen LogP contribution in [0.4, 0.5) is 4.39 Å². The number of benzene rings is 1. The van der Waals surface area contributed by atoms with Crippen molar-refractivity contribution in [3.05, 3.63) is 29.1 Å². The lowest BCUT2D eigenvalue weighted by atomic mass is 10.0. The average molecular weight is 281 g/mol. The molecule has 1 aromatic rings. The second-order valence-electron chi connectivity index (χ2n) is 5.90. The fourth-order valence-electron chi connectivity index (χ4n) is 2.75. The van der Waals surface area contributed by atoms with E-state index in [4.69, 9.17) is 15.2 Å². The topological polar surface area (TPSA) is 44.5 Å². The Morgan fingerprint density at radius 3 is 2.45 bits per heavy atom. The first-order chi connectivity index (χ1) is 9.36. The Balaban J connectivity index is 2.21. The number of halogens is 1. The summed E-state index contributed by atoms with van der Waals surface area (Å²) >= 11 is 0. The molecular formula is C16H24FNO2. The second-order valence-corrected chi connectivity index (χ2v) is 5.90. The van der Waals surface area contributed by atoms with E-state index in [1.54, 1.807) is 13.0 Å². The van der Waals surface area contributed by atoms with Gasteiger partial charge in [-0.15, -0.1) is 0 Å². The molecule has 0 radical (unpaired) electrons. The molecule has 4 heteroatoms. The van der Waals surface area contributed by atoms with Gasteiger partial charge in [0.1, 0.15) is 17.7 Å². The van der Waals surface area contributed by atoms with E-state index in [0.29, 0.717) is 11.3 Å². The van der Waals surface area contributed by atoms with Gasteiger partial charge in [0.25, 0.3) is 0 Å². The summed E-state index contributed by atoms with van der Waals surface area (Å²) in [6.07, 6.45) is 2.15. The van der Waals surface area contributed by atoms with Gasteiger partial charge in [-0.3, -0.25) is 0 Å². The lowest BCUT2D eigenvalue weighted by Gasteiger charge is -2.33. The van der Waals surface area contributed by atoms with Crippen molar-refractivity contribution in [1.82, 2.24) is 0 Å². The summed E-state index contributed by atoms with van der Waals surface area (Å²) in [7, 11) is 0. The molecule has 3 nitrogen and oxygen atoms in total. The van der Waals surface area contributed by atoms with Crippen molar-refractivity contribution in [1.29, 1.82) is 0 Å². The molecule has 112 valence electrons. The van der Waals surface area contributed by atoms with Crippen LogP contribution in [-0.4, -0.2) is 18.3 Å². The van der Waals surface area contributed by atoms with E-state index in [1.165, 1.54) is 6.07 Å². The first-order valence-corrected chi connectivity index (χ1v) is 7.24. The van der Waals surface area contributed by atoms with Crippen LogP contribution in [0.3, 0.4) is 0 Å². The van der Waals surface area contributed by atoms with Gasteiger partial charge in [-0.2, -0.15) is 0 Å². The van der Waals surface area contributed by atoms with Gasteiger partial charge in [0.05, 0.1) is 12.2 Å². The van der Waals surface area contributed by atoms with Crippen LogP contribution >= 0.6 is 0 Å². The normalized spacial score (nSPS) is 28.2. The first-order valence-electron chi connectivity index (χ1n) is 7.24. The molecule has 1 aromatic carbocycles. The van der Waals surface area contributed by atoms with E-state index in [-0.39, 0.29) is 30.2 Å². The molecule has 0 bridgehead atoms. The molecule has 2 N–H and O–H groups in total. The number of nitrogens with two attached hydrogens (primary N) is 1. The van der Waals surface area contributed by atoms with E-state index in [0.717, 1.165) is 18.4 Å². The van der Waals surface area contributed by atoms with Crippen molar-refractivity contribution < 1.29 is 13.9 Å². The molecule has 1 saturated heterocycles. The third-order valence-electron chi connectivity index (χ3n) is 3.73. The SMILES string of the molecule is Cc1cc(OC2CC(C)OC(C)C2)c([C@@H](C)N)cc1F. The molecule has 0 aliphatic carbocycles. The molecule has 2 unspecified atom stereocenters. The van der Waals surface area contributed by atoms with Crippen molar-refractivity contribution >= 4 is 0 Å². The van der Waals surface area contributed by atoms with Crippen molar-refractivity contribution in [2.24, 2.45) is 5.73 Å². The van der Waals surface area contributed by atoms with Gasteiger partial charge in [-0.05, 0) is 45.4 Å². The Bertz CT molecular complexity index is 466. The highest BCUT2D eigenvalue weighted by Gasteiger charge is 2.27. The molecular weight excluding hydrogens is 257 g/mol. The molecule has 1 aliphatic heterocycles. The van der Waals surface area contributed by atoms with Crippen LogP contribution in [0.2, 0.25) is 0 Å². The van der Waals surface area contributed by atoms with Gasteiger partial charge in [0.15, 0.2) is 0 Å². The predicted molar refractivity (Wildman–Crippen MR) is 77.4 cm³/mol. The minimum absolute atomic E-state index is 0.0936. The molecule has 1 fully saturated rings. The van der Waals surface area contributed by atoms with Crippen LogP contribution in [-0.2, 0) is 4.74 Å². The second kappa shape index (κ2) is 6.10. The minimum Gasteiger partial charge on any atom is -0.490 e. The van der Waals surface area contributed by atoms with Crippen LogP contribution in [0.5, 0.6) is 5.75 Å². The van der Waals surface area contributed by atoms with Crippen molar-refractivity contribution in [3.63, 3.8) is 0 Å². The Morgan fingerprint density at radius 1 is 1.30 bits per heavy atom. The smallest absolute Gasteiger partial charge is 0.126 e. The van der Waals surface area contributed by atoms with Gasteiger partial charge < -0.3 is 15.2 Å². The highest BCUT2D eigenvalue weighted by Crippen LogP contribution is 2.31. The van der Waals surface area contributed by atoms with Gasteiger partial charge in [0, 0.05) is 24.4 Å². The Labute approximate surface area is 120 Å². The van der Waals surface area contributed by atoms with E-state index in [1.807, 2.05) is 20.8 Å². The van der Waals surface area contributed by atoms with E-state index in [2.05, 4.69) is 0 Å². The number of rotatable bonds is 3. The summed E-state index contributed by atoms with van der Waals surface area (Å²) in [5.41, 5.74) is 7.23. The zero-order chi connectivity index (χ0) is 14.9. The summed E-state index contributed by atoms with van der Waals surface area (Å²) in [5, 5.41) is 0. The van der Waals surface area contributed by atoms with Gasteiger partial charge in [-0.25, -0.2) is 4.39 Å². The van der Waals surface area contributed by atoms with E-state index in [9.17, 15) is 4.39 Å². The van der Waals surface area contributed by atoms with Crippen LogP contribution in [0, 0.1) is 12.7 Å². The predicted octanol–water partition coefficient (Wildman–Crippen LogP) is 3.49. The zero-order valence-corrected chi connectivity index (χ0v) is 12.7. The lowest BCUT2D eigenvalue weighted by molar-refractivity contribution is -0.0723. The van der Waals surface area contributed by atoms with Crippen LogP contribution in [0.15, 0.2) is 12.1 Å². The highest BCUT2D eigenvalue weighted by molar-refractivity contribution is 5.40. The Morgan fingerprint density at radius 2 is 1.90 bits per heavy atom. The van der Waals surface area contributed by atoms with Crippen LogP contribution in [0.25, 0.3) is 0 Å². The third-order valence-corrected chi connectivity index (χ3v) is 3.73. The van der Waals surface area contributed by atoms with Gasteiger partial charge >= 0.3 is 0 Å². The summed E-state index contributed by atoms with van der Waals surface area (Å²) < 4.78 is 25.5. The van der Waals surface area contributed by atoms with E-state index < -0.39 is 0 Å². The zero-order valence-electron chi connectivity index (χ0n) is 12.7. The number of hydrogen-bond donors (Lipinski definition) is 1. The number of hydrogen-bond acceptors (Lipinski definition) is 3. The minimum atomic E-state index is -0.255. The largest absolute Gasteiger partial charge is 0.490 e. The van der Waals surface area contributed by atoms with Gasteiger partial charge in [0.2, 0.25) is 0 Å². The van der Waals surface area contributed by atoms with E-state index >= 15 is 0 Å². The molecule has 1 heterocycles. The molecule has 0 amide bonds.